The third-order valence-electron chi connectivity index (χ3n) is 7.55. The maximum absolute atomic E-state index is 13.4. The lowest BCUT2D eigenvalue weighted by molar-refractivity contribution is -0.934. The van der Waals surface area contributed by atoms with Crippen LogP contribution in [0.3, 0.4) is 0 Å². The molecule has 1 aliphatic heterocycles. The molecule has 2 N–H and O–H groups in total. The molecule has 2 fully saturated rings. The second kappa shape index (κ2) is 8.19. The van der Waals surface area contributed by atoms with E-state index < -0.39 is 0 Å². The van der Waals surface area contributed by atoms with Crippen molar-refractivity contribution in [3.8, 4) is 0 Å². The van der Waals surface area contributed by atoms with Crippen LogP contribution in [0.15, 0.2) is 23.0 Å². The smallest absolute Gasteiger partial charge is 0.258 e. The molecule has 0 amide bonds. The minimum Gasteiger partial charge on any atom is -0.322 e. The van der Waals surface area contributed by atoms with Gasteiger partial charge >= 0.3 is 0 Å². The van der Waals surface area contributed by atoms with Gasteiger partial charge in [0.25, 0.3) is 5.56 Å². The zero-order chi connectivity index (χ0) is 21.5. The van der Waals surface area contributed by atoms with Crippen LogP contribution in [0.5, 0.6) is 0 Å². The molecule has 0 bridgehead atoms. The fourth-order valence-electron chi connectivity index (χ4n) is 5.69. The van der Waals surface area contributed by atoms with E-state index in [1.165, 1.54) is 36.1 Å². The van der Waals surface area contributed by atoms with Gasteiger partial charge in [0, 0.05) is 5.92 Å². The lowest BCUT2D eigenvalue weighted by Crippen LogP contribution is -3.14. The number of aromatic amines is 1. The summed E-state index contributed by atoms with van der Waals surface area (Å²) < 4.78 is 2.04. The number of pyridine rings is 1. The highest BCUT2D eigenvalue weighted by Crippen LogP contribution is 2.31. The Hall–Kier alpha value is -2.54. The van der Waals surface area contributed by atoms with Gasteiger partial charge in [-0.25, -0.2) is 4.68 Å². The first kappa shape index (κ1) is 20.4. The molecule has 5 rings (SSSR count). The first-order valence-corrected chi connectivity index (χ1v) is 11.8. The molecule has 1 unspecified atom stereocenters. The van der Waals surface area contributed by atoms with Crippen molar-refractivity contribution in [3.63, 3.8) is 0 Å². The number of piperidine rings is 1. The van der Waals surface area contributed by atoms with Gasteiger partial charge in [0.05, 0.1) is 30.2 Å². The first-order valence-electron chi connectivity index (χ1n) is 11.8. The average Bonchev–Trinajstić information content (AvgIpc) is 3.44. The fourth-order valence-corrected chi connectivity index (χ4v) is 5.69. The standard InChI is InChI=1S/C24H32N6O/c1-15-7-6-12-29(14-15)22(23-26-27-28-30(23)19-8-4-5-9-19)20-13-18-11-10-16(2)17(3)21(18)25-24(20)31/h10-11,13,15,19,22H,4-9,12,14H2,1-3H3,(H,25,31)/p+1/t15-,22-/m0/s1. The Kier molecular flexibility index (Phi) is 5.38. The third-order valence-corrected chi connectivity index (χ3v) is 7.55. The molecule has 31 heavy (non-hydrogen) atoms. The number of quaternary nitrogens is 1. The van der Waals surface area contributed by atoms with Crippen molar-refractivity contribution in [1.29, 1.82) is 0 Å². The monoisotopic (exact) mass is 421 g/mol. The molecular formula is C24H33N6O+. The number of aromatic nitrogens is 5. The summed E-state index contributed by atoms with van der Waals surface area (Å²) >= 11 is 0. The van der Waals surface area contributed by atoms with E-state index in [4.69, 9.17) is 0 Å². The van der Waals surface area contributed by atoms with Crippen LogP contribution >= 0.6 is 0 Å². The molecule has 2 aromatic heterocycles. The quantitative estimate of drug-likeness (QED) is 0.679. The van der Waals surface area contributed by atoms with Crippen LogP contribution in [0, 0.1) is 19.8 Å². The molecular weight excluding hydrogens is 388 g/mol. The zero-order valence-electron chi connectivity index (χ0n) is 18.8. The van der Waals surface area contributed by atoms with E-state index in [0.717, 1.165) is 53.8 Å². The summed E-state index contributed by atoms with van der Waals surface area (Å²) in [5.41, 5.74) is 4.03. The number of benzene rings is 1. The Morgan fingerprint density at radius 3 is 2.74 bits per heavy atom. The topological polar surface area (TPSA) is 80.9 Å². The van der Waals surface area contributed by atoms with Gasteiger partial charge in [-0.15, -0.1) is 5.10 Å². The van der Waals surface area contributed by atoms with Gasteiger partial charge in [0.1, 0.15) is 0 Å². The molecule has 1 saturated carbocycles. The number of hydrogen-bond acceptors (Lipinski definition) is 4. The molecule has 0 spiro atoms. The molecule has 7 heteroatoms. The van der Waals surface area contributed by atoms with Crippen LogP contribution < -0.4 is 10.5 Å². The van der Waals surface area contributed by atoms with Gasteiger partial charge in [-0.05, 0) is 72.5 Å². The Morgan fingerprint density at radius 1 is 1.16 bits per heavy atom. The molecule has 1 aliphatic carbocycles. The third kappa shape index (κ3) is 3.69. The lowest BCUT2D eigenvalue weighted by atomic mass is 9.95. The Morgan fingerprint density at radius 2 is 1.97 bits per heavy atom. The van der Waals surface area contributed by atoms with E-state index in [0.29, 0.717) is 12.0 Å². The number of fused-ring (bicyclic) bond motifs is 1. The minimum atomic E-state index is -0.145. The van der Waals surface area contributed by atoms with Crippen molar-refractivity contribution in [2.24, 2.45) is 5.92 Å². The van der Waals surface area contributed by atoms with Crippen molar-refractivity contribution in [3.05, 3.63) is 51.1 Å². The summed E-state index contributed by atoms with van der Waals surface area (Å²) in [7, 11) is 0. The number of hydrogen-bond donors (Lipinski definition) is 2. The number of nitrogens with zero attached hydrogens (tertiary/aromatic N) is 4. The molecule has 7 nitrogen and oxygen atoms in total. The van der Waals surface area contributed by atoms with Gasteiger partial charge in [0.15, 0.2) is 6.04 Å². The van der Waals surface area contributed by atoms with Crippen molar-refractivity contribution >= 4 is 10.9 Å². The van der Waals surface area contributed by atoms with Crippen molar-refractivity contribution < 1.29 is 4.90 Å². The summed E-state index contributed by atoms with van der Waals surface area (Å²) in [6.07, 6.45) is 7.08. The normalized spacial score (nSPS) is 23.5. The summed E-state index contributed by atoms with van der Waals surface area (Å²) in [4.78, 5) is 18.0. The SMILES string of the molecule is Cc1ccc2cc([C@@H](c3nnnn3C3CCCC3)[NH+]3CCC[C@H](C)C3)c(=O)[nH]c2c1C. The largest absolute Gasteiger partial charge is 0.322 e. The summed E-state index contributed by atoms with van der Waals surface area (Å²) in [6, 6.07) is 6.53. The number of tetrazole rings is 1. The zero-order valence-corrected chi connectivity index (χ0v) is 18.8. The number of H-pyrrole nitrogens is 1. The highest BCUT2D eigenvalue weighted by Gasteiger charge is 2.38. The van der Waals surface area contributed by atoms with E-state index in [1.807, 2.05) is 4.68 Å². The molecule has 1 aromatic carbocycles. The van der Waals surface area contributed by atoms with Gasteiger partial charge in [0.2, 0.25) is 5.82 Å². The highest BCUT2D eigenvalue weighted by molar-refractivity contribution is 5.83. The van der Waals surface area contributed by atoms with Crippen molar-refractivity contribution in [1.82, 2.24) is 25.2 Å². The molecule has 3 atom stereocenters. The number of likely N-dealkylation sites (tertiary alicyclic amines) is 1. The summed E-state index contributed by atoms with van der Waals surface area (Å²) in [5.74, 6) is 1.48. The maximum atomic E-state index is 13.4. The van der Waals surface area contributed by atoms with Crippen LogP contribution in [0.1, 0.15) is 80.0 Å². The Labute approximate surface area is 182 Å². The van der Waals surface area contributed by atoms with E-state index in [2.05, 4.69) is 59.5 Å². The summed E-state index contributed by atoms with van der Waals surface area (Å²) in [6.45, 7) is 8.54. The number of rotatable bonds is 4. The van der Waals surface area contributed by atoms with Crippen LogP contribution in [0.25, 0.3) is 10.9 Å². The van der Waals surface area contributed by atoms with Crippen molar-refractivity contribution in [2.45, 2.75) is 71.4 Å². The Bertz CT molecular complexity index is 1140. The molecule has 3 heterocycles. The number of aryl methyl sites for hydroxylation is 2. The average molecular weight is 422 g/mol. The highest BCUT2D eigenvalue weighted by atomic mass is 16.1. The van der Waals surface area contributed by atoms with E-state index >= 15 is 0 Å². The second-order valence-electron chi connectivity index (χ2n) is 9.74. The van der Waals surface area contributed by atoms with Crippen LogP contribution in [-0.4, -0.2) is 38.3 Å². The summed E-state index contributed by atoms with van der Waals surface area (Å²) in [5, 5.41) is 14.1. The molecule has 3 aromatic rings. The van der Waals surface area contributed by atoms with E-state index in [-0.39, 0.29) is 11.6 Å². The van der Waals surface area contributed by atoms with Gasteiger partial charge in [-0.3, -0.25) is 4.79 Å². The van der Waals surface area contributed by atoms with E-state index in [9.17, 15) is 4.79 Å². The second-order valence-corrected chi connectivity index (χ2v) is 9.74. The fraction of sp³-hybridized carbons (Fsp3) is 0.583. The van der Waals surface area contributed by atoms with Gasteiger partial charge in [-0.1, -0.05) is 31.9 Å². The molecule has 1 saturated heterocycles. The van der Waals surface area contributed by atoms with Gasteiger partial charge in [-0.2, -0.15) is 0 Å². The van der Waals surface area contributed by atoms with E-state index in [1.54, 1.807) is 0 Å². The van der Waals surface area contributed by atoms with Crippen LogP contribution in [0.4, 0.5) is 0 Å². The predicted octanol–water partition coefficient (Wildman–Crippen LogP) is 2.65. The van der Waals surface area contributed by atoms with Crippen LogP contribution in [0.2, 0.25) is 0 Å². The Balaban J connectivity index is 1.67. The molecule has 2 aliphatic rings. The molecule has 0 radical (unpaired) electrons. The van der Waals surface area contributed by atoms with Crippen molar-refractivity contribution in [2.75, 3.05) is 13.1 Å². The van der Waals surface area contributed by atoms with Gasteiger partial charge < -0.3 is 9.88 Å². The molecule has 164 valence electrons. The first-order chi connectivity index (χ1) is 15.0. The predicted molar refractivity (Wildman–Crippen MR) is 120 cm³/mol. The number of nitrogens with one attached hydrogen (secondary N) is 2. The minimum absolute atomic E-state index is 0.0158. The maximum Gasteiger partial charge on any atom is 0.258 e. The lowest BCUT2D eigenvalue weighted by Gasteiger charge is -2.33. The van der Waals surface area contributed by atoms with Crippen LogP contribution in [-0.2, 0) is 0 Å².